The summed E-state index contributed by atoms with van der Waals surface area (Å²) in [5.74, 6) is -0.335. The maximum atomic E-state index is 11.5. The predicted molar refractivity (Wildman–Crippen MR) is 85.1 cm³/mol. The molecule has 4 rings (SSSR count). The third-order valence-electron chi connectivity index (χ3n) is 3.60. The quantitative estimate of drug-likeness (QED) is 0.533. The van der Waals surface area contributed by atoms with Crippen LogP contribution in [0.3, 0.4) is 0 Å². The zero-order valence-corrected chi connectivity index (χ0v) is 12.5. The fourth-order valence-corrected chi connectivity index (χ4v) is 3.13. The average Bonchev–Trinajstić information content (AvgIpc) is 3.15. The number of fused-ring (bicyclic) bond motifs is 3. The summed E-state index contributed by atoms with van der Waals surface area (Å²) in [6.45, 7) is 0. The summed E-state index contributed by atoms with van der Waals surface area (Å²) in [5.41, 5.74) is 4.54. The van der Waals surface area contributed by atoms with E-state index < -0.39 is 0 Å². The largest absolute Gasteiger partial charge is 0.465 e. The molecule has 6 heteroatoms. The molecule has 0 radical (unpaired) electrons. The molecule has 0 atom stereocenters. The average molecular weight is 309 g/mol. The van der Waals surface area contributed by atoms with Gasteiger partial charge in [0.2, 0.25) is 4.96 Å². The summed E-state index contributed by atoms with van der Waals surface area (Å²) in [6.07, 6.45) is 1.78. The van der Waals surface area contributed by atoms with Crippen molar-refractivity contribution in [1.82, 2.24) is 13.8 Å². The number of imidazole rings is 1. The van der Waals surface area contributed by atoms with E-state index in [0.29, 0.717) is 5.56 Å². The van der Waals surface area contributed by atoms with Crippen molar-refractivity contribution in [2.45, 2.75) is 0 Å². The van der Waals surface area contributed by atoms with E-state index in [2.05, 4.69) is 9.36 Å². The zero-order valence-electron chi connectivity index (χ0n) is 11.7. The number of esters is 1. The molecule has 2 aromatic heterocycles. The van der Waals surface area contributed by atoms with E-state index in [1.165, 1.54) is 18.6 Å². The van der Waals surface area contributed by atoms with Gasteiger partial charge in [-0.2, -0.15) is 4.37 Å². The monoisotopic (exact) mass is 309 g/mol. The lowest BCUT2D eigenvalue weighted by Gasteiger charge is -2.04. The first-order valence-corrected chi connectivity index (χ1v) is 7.45. The highest BCUT2D eigenvalue weighted by Crippen LogP contribution is 2.29. The van der Waals surface area contributed by atoms with Gasteiger partial charge in [0.25, 0.3) is 0 Å². The van der Waals surface area contributed by atoms with Gasteiger partial charge in [0.1, 0.15) is 6.33 Å². The number of ether oxygens (including phenoxy) is 1. The van der Waals surface area contributed by atoms with Crippen molar-refractivity contribution < 1.29 is 9.53 Å². The first-order chi connectivity index (χ1) is 10.8. The van der Waals surface area contributed by atoms with E-state index in [-0.39, 0.29) is 5.97 Å². The Bertz CT molecular complexity index is 986. The summed E-state index contributed by atoms with van der Waals surface area (Å²) in [7, 11) is 1.38. The smallest absolute Gasteiger partial charge is 0.337 e. The Hall–Kier alpha value is -2.73. The number of nitrogens with zero attached hydrogens (tertiary/aromatic N) is 3. The van der Waals surface area contributed by atoms with Gasteiger partial charge in [-0.05, 0) is 23.8 Å². The van der Waals surface area contributed by atoms with E-state index in [0.717, 1.165) is 27.1 Å². The molecular formula is C16H11N3O2S. The standard InChI is InChI=1S/C16H11N3O2S/c1-21-15(20)11-7-5-10(6-8-11)12-3-2-4-13-14(12)18-16-19(13)9-17-22-16/h2-9H,1H3. The lowest BCUT2D eigenvalue weighted by atomic mass is 10.0. The summed E-state index contributed by atoms with van der Waals surface area (Å²) in [4.78, 5) is 17.0. The fraction of sp³-hybridized carbons (Fsp3) is 0.0625. The van der Waals surface area contributed by atoms with Crippen LogP contribution in [0.2, 0.25) is 0 Å². The summed E-state index contributed by atoms with van der Waals surface area (Å²) in [6, 6.07) is 13.4. The predicted octanol–water partition coefficient (Wildman–Crippen LogP) is 3.40. The molecule has 0 fully saturated rings. The van der Waals surface area contributed by atoms with Gasteiger partial charge in [0.15, 0.2) is 0 Å². The Kier molecular flexibility index (Phi) is 2.90. The molecular weight excluding hydrogens is 298 g/mol. The van der Waals surface area contributed by atoms with Crippen LogP contribution in [0.4, 0.5) is 0 Å². The number of hydrogen-bond donors (Lipinski definition) is 0. The van der Waals surface area contributed by atoms with Gasteiger partial charge in [0.05, 0.1) is 23.7 Å². The van der Waals surface area contributed by atoms with Crippen LogP contribution in [0.1, 0.15) is 10.4 Å². The minimum Gasteiger partial charge on any atom is -0.465 e. The van der Waals surface area contributed by atoms with Gasteiger partial charge in [-0.3, -0.25) is 4.40 Å². The maximum absolute atomic E-state index is 11.5. The van der Waals surface area contributed by atoms with Gasteiger partial charge < -0.3 is 4.74 Å². The number of methoxy groups -OCH3 is 1. The molecule has 0 aliphatic heterocycles. The van der Waals surface area contributed by atoms with Crippen LogP contribution >= 0.6 is 11.5 Å². The number of carbonyl (C=O) groups is 1. The molecule has 0 N–H and O–H groups in total. The first-order valence-electron chi connectivity index (χ1n) is 6.68. The highest BCUT2D eigenvalue weighted by molar-refractivity contribution is 7.11. The minimum absolute atomic E-state index is 0.335. The van der Waals surface area contributed by atoms with Crippen LogP contribution in [0.25, 0.3) is 27.1 Å². The van der Waals surface area contributed by atoms with Crippen LogP contribution in [0.15, 0.2) is 48.8 Å². The summed E-state index contributed by atoms with van der Waals surface area (Å²) < 4.78 is 10.8. The van der Waals surface area contributed by atoms with Crippen molar-refractivity contribution in [2.75, 3.05) is 7.11 Å². The Morgan fingerprint density at radius 3 is 2.77 bits per heavy atom. The SMILES string of the molecule is COC(=O)c1ccc(-c2cccc3c2nc2sncn23)cc1. The van der Waals surface area contributed by atoms with Crippen LogP contribution in [-0.2, 0) is 4.74 Å². The molecule has 4 aromatic rings. The van der Waals surface area contributed by atoms with Crippen molar-refractivity contribution in [1.29, 1.82) is 0 Å². The first kappa shape index (κ1) is 13.0. The fourth-order valence-electron chi connectivity index (χ4n) is 2.53. The van der Waals surface area contributed by atoms with Crippen molar-refractivity contribution in [2.24, 2.45) is 0 Å². The van der Waals surface area contributed by atoms with E-state index >= 15 is 0 Å². The van der Waals surface area contributed by atoms with Crippen LogP contribution in [-0.4, -0.2) is 26.8 Å². The van der Waals surface area contributed by atoms with E-state index in [9.17, 15) is 4.79 Å². The van der Waals surface area contributed by atoms with Gasteiger partial charge >= 0.3 is 5.97 Å². The molecule has 5 nitrogen and oxygen atoms in total. The third-order valence-corrected chi connectivity index (χ3v) is 4.25. The third kappa shape index (κ3) is 1.88. The number of aromatic nitrogens is 3. The maximum Gasteiger partial charge on any atom is 0.337 e. The second-order valence-corrected chi connectivity index (χ2v) is 5.58. The molecule has 0 aliphatic rings. The summed E-state index contributed by atoms with van der Waals surface area (Å²) in [5, 5.41) is 0. The van der Waals surface area contributed by atoms with Crippen LogP contribution < -0.4 is 0 Å². The molecule has 0 saturated heterocycles. The Morgan fingerprint density at radius 2 is 2.00 bits per heavy atom. The molecule has 108 valence electrons. The summed E-state index contributed by atoms with van der Waals surface area (Å²) >= 11 is 1.37. The van der Waals surface area contributed by atoms with Crippen molar-refractivity contribution >= 4 is 33.5 Å². The van der Waals surface area contributed by atoms with Crippen molar-refractivity contribution in [3.63, 3.8) is 0 Å². The number of hydrogen-bond acceptors (Lipinski definition) is 5. The number of carbonyl (C=O) groups excluding carboxylic acids is 1. The molecule has 0 saturated carbocycles. The highest BCUT2D eigenvalue weighted by atomic mass is 32.1. The molecule has 0 spiro atoms. The lowest BCUT2D eigenvalue weighted by molar-refractivity contribution is 0.0601. The molecule has 0 amide bonds. The van der Waals surface area contributed by atoms with Gasteiger partial charge in [-0.25, -0.2) is 9.78 Å². The minimum atomic E-state index is -0.335. The second-order valence-electron chi connectivity index (χ2n) is 4.82. The van der Waals surface area contributed by atoms with Crippen LogP contribution in [0, 0.1) is 0 Å². The zero-order chi connectivity index (χ0) is 15.1. The Labute approximate surface area is 130 Å². The van der Waals surface area contributed by atoms with Gasteiger partial charge in [-0.15, -0.1) is 0 Å². The van der Waals surface area contributed by atoms with E-state index in [4.69, 9.17) is 4.74 Å². The van der Waals surface area contributed by atoms with Crippen LogP contribution in [0.5, 0.6) is 0 Å². The van der Waals surface area contributed by atoms with Gasteiger partial charge in [-0.1, -0.05) is 24.3 Å². The topological polar surface area (TPSA) is 56.5 Å². The number of para-hydroxylation sites is 1. The molecule has 2 aromatic carbocycles. The van der Waals surface area contributed by atoms with E-state index in [1.807, 2.05) is 34.7 Å². The second kappa shape index (κ2) is 4.92. The Morgan fingerprint density at radius 1 is 1.18 bits per heavy atom. The normalized spacial score (nSPS) is 11.1. The van der Waals surface area contributed by atoms with E-state index in [1.54, 1.807) is 18.5 Å². The molecule has 0 aliphatic carbocycles. The number of rotatable bonds is 2. The lowest BCUT2D eigenvalue weighted by Crippen LogP contribution is -2.00. The molecule has 0 bridgehead atoms. The Balaban J connectivity index is 1.88. The molecule has 22 heavy (non-hydrogen) atoms. The van der Waals surface area contributed by atoms with Crippen molar-refractivity contribution in [3.8, 4) is 11.1 Å². The van der Waals surface area contributed by atoms with Gasteiger partial charge in [0, 0.05) is 17.1 Å². The molecule has 2 heterocycles. The molecule has 0 unspecified atom stereocenters. The highest BCUT2D eigenvalue weighted by Gasteiger charge is 2.12. The number of benzene rings is 2. The van der Waals surface area contributed by atoms with Crippen molar-refractivity contribution in [3.05, 3.63) is 54.4 Å².